The highest BCUT2D eigenvalue weighted by atomic mass is 16.2. The van der Waals surface area contributed by atoms with Crippen LogP contribution in [0, 0.1) is 0 Å². The number of carbonyl (C=O) groups excluding carboxylic acids is 1. The maximum Gasteiger partial charge on any atom is 0.351 e. The largest absolute Gasteiger partial charge is 0.351 e. The van der Waals surface area contributed by atoms with E-state index in [1.54, 1.807) is 4.90 Å². The summed E-state index contributed by atoms with van der Waals surface area (Å²) in [6.45, 7) is 5.03. The van der Waals surface area contributed by atoms with Crippen molar-refractivity contribution in [3.63, 3.8) is 0 Å². The predicted molar refractivity (Wildman–Crippen MR) is 108 cm³/mol. The molecule has 0 unspecified atom stereocenters. The molecule has 7 nitrogen and oxygen atoms in total. The predicted octanol–water partition coefficient (Wildman–Crippen LogP) is 2.58. The van der Waals surface area contributed by atoms with Crippen LogP contribution in [0.1, 0.15) is 13.8 Å². The number of fused-ring (bicyclic) bond motifs is 3. The fourth-order valence-corrected chi connectivity index (χ4v) is 3.41. The van der Waals surface area contributed by atoms with Crippen molar-refractivity contribution in [1.82, 2.24) is 24.1 Å². The molecule has 0 saturated heterocycles. The molecule has 0 fully saturated rings. The highest BCUT2D eigenvalue weighted by Crippen LogP contribution is 2.21. The summed E-state index contributed by atoms with van der Waals surface area (Å²) in [6.07, 6.45) is 0. The van der Waals surface area contributed by atoms with Gasteiger partial charge in [-0.15, -0.1) is 5.10 Å². The van der Waals surface area contributed by atoms with Gasteiger partial charge in [0.05, 0.1) is 5.52 Å². The summed E-state index contributed by atoms with van der Waals surface area (Å²) in [6, 6.07) is 17.0. The number of hydrogen-bond acceptors (Lipinski definition) is 4. The highest BCUT2D eigenvalue weighted by molar-refractivity contribution is 5.92. The van der Waals surface area contributed by atoms with Crippen LogP contribution < -0.4 is 5.69 Å². The highest BCUT2D eigenvalue weighted by Gasteiger charge is 2.18. The maximum atomic E-state index is 13.2. The number of amides is 1. The molecule has 0 atom stereocenters. The Kier molecular flexibility index (Phi) is 4.65. The lowest BCUT2D eigenvalue weighted by Crippen LogP contribution is -2.38. The quantitative estimate of drug-likeness (QED) is 0.537. The molecule has 0 saturated carbocycles. The van der Waals surface area contributed by atoms with Gasteiger partial charge in [0.25, 0.3) is 0 Å². The summed E-state index contributed by atoms with van der Waals surface area (Å²) in [5.74, 6) is 0.385. The Hall–Kier alpha value is -3.48. The van der Waals surface area contributed by atoms with Crippen LogP contribution in [0.15, 0.2) is 59.4 Å². The minimum Gasteiger partial charge on any atom is -0.342 e. The van der Waals surface area contributed by atoms with Gasteiger partial charge in [-0.2, -0.15) is 4.52 Å². The molecular weight excluding hydrogens is 354 g/mol. The van der Waals surface area contributed by atoms with E-state index in [1.165, 1.54) is 9.08 Å². The summed E-state index contributed by atoms with van der Waals surface area (Å²) in [5.41, 5.74) is 1.63. The zero-order valence-corrected chi connectivity index (χ0v) is 15.9. The standard InChI is InChI=1S/C21H21N5O2/c1-3-24(4-2)18(27)14-25-17-13-9-8-12-16(17)20-22-19(23-26(20)21(25)28)15-10-6-5-7-11-15/h5-13H,3-4,14H2,1-2H3. The molecule has 0 radical (unpaired) electrons. The van der Waals surface area contributed by atoms with Crippen LogP contribution >= 0.6 is 0 Å². The molecule has 0 spiro atoms. The molecule has 2 heterocycles. The monoisotopic (exact) mass is 375 g/mol. The molecule has 28 heavy (non-hydrogen) atoms. The smallest absolute Gasteiger partial charge is 0.342 e. The van der Waals surface area contributed by atoms with Gasteiger partial charge in [0.15, 0.2) is 11.5 Å². The van der Waals surface area contributed by atoms with E-state index in [2.05, 4.69) is 10.1 Å². The van der Waals surface area contributed by atoms with Gasteiger partial charge in [0, 0.05) is 24.0 Å². The maximum absolute atomic E-state index is 13.2. The molecule has 142 valence electrons. The summed E-state index contributed by atoms with van der Waals surface area (Å²) < 4.78 is 2.77. The van der Waals surface area contributed by atoms with Gasteiger partial charge in [-0.05, 0) is 26.0 Å². The topological polar surface area (TPSA) is 72.5 Å². The van der Waals surface area contributed by atoms with Gasteiger partial charge in [-0.25, -0.2) is 9.78 Å². The Morgan fingerprint density at radius 1 is 1.00 bits per heavy atom. The van der Waals surface area contributed by atoms with Gasteiger partial charge < -0.3 is 4.90 Å². The molecule has 2 aromatic carbocycles. The average Bonchev–Trinajstić information content (AvgIpc) is 3.19. The lowest BCUT2D eigenvalue weighted by molar-refractivity contribution is -0.131. The second-order valence-electron chi connectivity index (χ2n) is 6.49. The Balaban J connectivity index is 1.94. The van der Waals surface area contributed by atoms with E-state index in [4.69, 9.17) is 0 Å². The molecule has 4 aromatic rings. The number of likely N-dealkylation sites (N-methyl/N-ethyl adjacent to an activating group) is 1. The molecule has 1 amide bonds. The number of carbonyl (C=O) groups is 1. The first-order chi connectivity index (χ1) is 13.6. The number of para-hydroxylation sites is 1. The SMILES string of the molecule is CCN(CC)C(=O)Cn1c(=O)n2nc(-c3ccccc3)nc2c2ccccc21. The summed E-state index contributed by atoms with van der Waals surface area (Å²) in [7, 11) is 0. The minimum atomic E-state index is -0.371. The summed E-state index contributed by atoms with van der Waals surface area (Å²) >= 11 is 0. The van der Waals surface area contributed by atoms with Crippen LogP contribution in [0.3, 0.4) is 0 Å². The van der Waals surface area contributed by atoms with Crippen molar-refractivity contribution in [3.8, 4) is 11.4 Å². The third kappa shape index (κ3) is 2.94. The molecule has 4 rings (SSSR count). The molecule has 0 N–H and O–H groups in total. The van der Waals surface area contributed by atoms with Gasteiger partial charge in [0.2, 0.25) is 5.91 Å². The fraction of sp³-hybridized carbons (Fsp3) is 0.238. The number of benzene rings is 2. The number of rotatable bonds is 5. The van der Waals surface area contributed by atoms with E-state index in [1.807, 2.05) is 68.4 Å². The number of hydrogen-bond donors (Lipinski definition) is 0. The van der Waals surface area contributed by atoms with Crippen LogP contribution in [0.5, 0.6) is 0 Å². The van der Waals surface area contributed by atoms with Gasteiger partial charge in [-0.3, -0.25) is 9.36 Å². The van der Waals surface area contributed by atoms with E-state index in [0.29, 0.717) is 30.1 Å². The second kappa shape index (κ2) is 7.26. The molecule has 0 aliphatic rings. The van der Waals surface area contributed by atoms with E-state index in [-0.39, 0.29) is 18.1 Å². The third-order valence-corrected chi connectivity index (χ3v) is 4.90. The lowest BCUT2D eigenvalue weighted by atomic mass is 10.2. The van der Waals surface area contributed by atoms with Crippen molar-refractivity contribution in [1.29, 1.82) is 0 Å². The van der Waals surface area contributed by atoms with Crippen LogP contribution in [0.25, 0.3) is 27.9 Å². The van der Waals surface area contributed by atoms with E-state index in [0.717, 1.165) is 10.9 Å². The van der Waals surface area contributed by atoms with Crippen LogP contribution in [0.2, 0.25) is 0 Å². The van der Waals surface area contributed by atoms with Crippen LogP contribution in [-0.2, 0) is 11.3 Å². The van der Waals surface area contributed by atoms with E-state index >= 15 is 0 Å². The minimum absolute atomic E-state index is 0.0303. The van der Waals surface area contributed by atoms with E-state index in [9.17, 15) is 9.59 Å². The molecule has 7 heteroatoms. The first-order valence-electron chi connectivity index (χ1n) is 9.35. The van der Waals surface area contributed by atoms with Gasteiger partial charge >= 0.3 is 5.69 Å². The average molecular weight is 375 g/mol. The zero-order valence-electron chi connectivity index (χ0n) is 15.9. The fourth-order valence-electron chi connectivity index (χ4n) is 3.41. The number of aromatic nitrogens is 4. The zero-order chi connectivity index (χ0) is 19.7. The van der Waals surface area contributed by atoms with Crippen LogP contribution in [0.4, 0.5) is 0 Å². The van der Waals surface area contributed by atoms with Crippen molar-refractivity contribution in [2.75, 3.05) is 13.1 Å². The summed E-state index contributed by atoms with van der Waals surface area (Å²) in [4.78, 5) is 32.1. The molecule has 0 bridgehead atoms. The molecule has 0 aliphatic heterocycles. The van der Waals surface area contributed by atoms with Crippen molar-refractivity contribution >= 4 is 22.5 Å². The van der Waals surface area contributed by atoms with Gasteiger partial charge in [-0.1, -0.05) is 42.5 Å². The van der Waals surface area contributed by atoms with Gasteiger partial charge in [0.1, 0.15) is 6.54 Å². The first-order valence-corrected chi connectivity index (χ1v) is 9.35. The van der Waals surface area contributed by atoms with Crippen LogP contribution in [-0.4, -0.2) is 43.1 Å². The summed E-state index contributed by atoms with van der Waals surface area (Å²) in [5, 5.41) is 5.21. The Morgan fingerprint density at radius 2 is 1.68 bits per heavy atom. The molecule has 0 aliphatic carbocycles. The van der Waals surface area contributed by atoms with Crippen molar-refractivity contribution in [2.45, 2.75) is 20.4 Å². The number of nitrogens with zero attached hydrogens (tertiary/aromatic N) is 5. The second-order valence-corrected chi connectivity index (χ2v) is 6.49. The molecular formula is C21H21N5O2. The van der Waals surface area contributed by atoms with Crippen molar-refractivity contribution in [2.24, 2.45) is 0 Å². The Bertz CT molecular complexity index is 1210. The lowest BCUT2D eigenvalue weighted by Gasteiger charge is -2.19. The van der Waals surface area contributed by atoms with Crippen molar-refractivity contribution < 1.29 is 4.79 Å². The third-order valence-electron chi connectivity index (χ3n) is 4.90. The Labute approximate surface area is 161 Å². The normalized spacial score (nSPS) is 11.2. The van der Waals surface area contributed by atoms with Crippen molar-refractivity contribution in [3.05, 3.63) is 65.1 Å². The Morgan fingerprint density at radius 3 is 2.39 bits per heavy atom. The first kappa shape index (κ1) is 17.9. The van der Waals surface area contributed by atoms with E-state index < -0.39 is 0 Å². The molecule has 2 aromatic heterocycles.